The normalized spacial score (nSPS) is 29.4. The van der Waals surface area contributed by atoms with Crippen molar-refractivity contribution < 1.29 is 0 Å². The van der Waals surface area contributed by atoms with Gasteiger partial charge in [0.2, 0.25) is 0 Å². The van der Waals surface area contributed by atoms with Gasteiger partial charge in [-0.15, -0.1) is 0 Å². The van der Waals surface area contributed by atoms with Crippen LogP contribution in [0.2, 0.25) is 0 Å². The van der Waals surface area contributed by atoms with Crippen LogP contribution in [0.25, 0.3) is 0 Å². The number of nitrogens with zero attached hydrogens (tertiary/aromatic N) is 3. The van der Waals surface area contributed by atoms with Gasteiger partial charge >= 0.3 is 0 Å². The lowest BCUT2D eigenvalue weighted by Gasteiger charge is -2.26. The van der Waals surface area contributed by atoms with Crippen LogP contribution < -0.4 is 5.32 Å². The molecule has 4 heteroatoms. The van der Waals surface area contributed by atoms with E-state index in [9.17, 15) is 0 Å². The number of hydrogen-bond donors (Lipinski definition) is 1. The van der Waals surface area contributed by atoms with E-state index in [0.717, 1.165) is 43.7 Å². The minimum atomic E-state index is 0.600. The highest BCUT2D eigenvalue weighted by molar-refractivity contribution is 5.02. The lowest BCUT2D eigenvalue weighted by Crippen LogP contribution is -2.39. The molecule has 3 atom stereocenters. The van der Waals surface area contributed by atoms with Gasteiger partial charge < -0.3 is 5.32 Å². The van der Waals surface area contributed by atoms with E-state index in [1.807, 2.05) is 0 Å². The monoisotopic (exact) mass is 276 g/mol. The summed E-state index contributed by atoms with van der Waals surface area (Å²) in [7, 11) is 0. The maximum absolute atomic E-state index is 4.50. The summed E-state index contributed by atoms with van der Waals surface area (Å²) in [4.78, 5) is 4.50. The van der Waals surface area contributed by atoms with Crippen LogP contribution in [0.15, 0.2) is 6.33 Å². The van der Waals surface area contributed by atoms with Gasteiger partial charge in [-0.2, -0.15) is 5.10 Å². The summed E-state index contributed by atoms with van der Waals surface area (Å²) in [6.45, 7) is 6.56. The van der Waals surface area contributed by atoms with Crippen LogP contribution in [-0.2, 0) is 13.0 Å². The molecule has 0 bridgehead atoms. The van der Waals surface area contributed by atoms with Crippen LogP contribution in [0, 0.1) is 17.8 Å². The average Bonchev–Trinajstić information content (AvgIpc) is 2.87. The lowest BCUT2D eigenvalue weighted by molar-refractivity contribution is 0.324. The Labute approximate surface area is 122 Å². The van der Waals surface area contributed by atoms with Crippen LogP contribution in [0.3, 0.4) is 0 Å². The van der Waals surface area contributed by atoms with E-state index in [-0.39, 0.29) is 0 Å². The van der Waals surface area contributed by atoms with Crippen molar-refractivity contribution >= 4 is 0 Å². The van der Waals surface area contributed by atoms with E-state index in [1.165, 1.54) is 31.5 Å². The van der Waals surface area contributed by atoms with Crippen LogP contribution in [0.5, 0.6) is 0 Å². The summed E-state index contributed by atoms with van der Waals surface area (Å²) < 4.78 is 2.09. The Bertz CT molecular complexity index is 418. The Morgan fingerprint density at radius 1 is 1.25 bits per heavy atom. The second-order valence-corrected chi connectivity index (χ2v) is 6.65. The number of nitrogens with one attached hydrogen (secondary N) is 1. The molecule has 0 saturated heterocycles. The minimum absolute atomic E-state index is 0.600. The molecular formula is C16H28N4. The minimum Gasteiger partial charge on any atom is -0.313 e. The molecule has 0 radical (unpaired) electrons. The molecule has 4 nitrogen and oxygen atoms in total. The summed E-state index contributed by atoms with van der Waals surface area (Å²) in [5.41, 5.74) is 0. The fourth-order valence-corrected chi connectivity index (χ4v) is 3.87. The molecule has 2 aliphatic rings. The SMILES string of the molecule is CCCNC(Cc1ncnn1CCC)C1CC2CC2C1. The summed E-state index contributed by atoms with van der Waals surface area (Å²) in [5.74, 6) is 4.14. The van der Waals surface area contributed by atoms with E-state index in [1.54, 1.807) is 6.33 Å². The zero-order valence-electron chi connectivity index (χ0n) is 12.9. The third-order valence-electron chi connectivity index (χ3n) is 5.04. The van der Waals surface area contributed by atoms with Crippen molar-refractivity contribution in [3.8, 4) is 0 Å². The average molecular weight is 276 g/mol. The molecule has 1 heterocycles. The van der Waals surface area contributed by atoms with Gasteiger partial charge in [0.25, 0.3) is 0 Å². The van der Waals surface area contributed by atoms with Gasteiger partial charge in [-0.3, -0.25) is 4.68 Å². The molecule has 3 unspecified atom stereocenters. The molecule has 1 aromatic rings. The van der Waals surface area contributed by atoms with E-state index < -0.39 is 0 Å². The highest BCUT2D eigenvalue weighted by Gasteiger charge is 2.47. The number of aromatic nitrogens is 3. The van der Waals surface area contributed by atoms with Crippen LogP contribution in [-0.4, -0.2) is 27.4 Å². The highest BCUT2D eigenvalue weighted by Crippen LogP contribution is 2.55. The first-order valence-corrected chi connectivity index (χ1v) is 8.41. The van der Waals surface area contributed by atoms with Crippen molar-refractivity contribution in [3.63, 3.8) is 0 Å². The largest absolute Gasteiger partial charge is 0.313 e. The predicted molar refractivity (Wildman–Crippen MR) is 80.4 cm³/mol. The summed E-state index contributed by atoms with van der Waals surface area (Å²) >= 11 is 0. The Balaban J connectivity index is 1.63. The van der Waals surface area contributed by atoms with E-state index in [2.05, 4.69) is 33.9 Å². The number of hydrogen-bond acceptors (Lipinski definition) is 3. The number of fused-ring (bicyclic) bond motifs is 1. The zero-order valence-corrected chi connectivity index (χ0v) is 12.9. The fraction of sp³-hybridized carbons (Fsp3) is 0.875. The van der Waals surface area contributed by atoms with Crippen LogP contribution in [0.1, 0.15) is 51.8 Å². The van der Waals surface area contributed by atoms with Gasteiger partial charge in [-0.25, -0.2) is 4.98 Å². The van der Waals surface area contributed by atoms with E-state index in [4.69, 9.17) is 0 Å². The smallest absolute Gasteiger partial charge is 0.138 e. The molecule has 1 aromatic heterocycles. The van der Waals surface area contributed by atoms with Gasteiger partial charge in [-0.05, 0) is 56.4 Å². The maximum atomic E-state index is 4.50. The second kappa shape index (κ2) is 6.25. The van der Waals surface area contributed by atoms with Gasteiger partial charge in [0, 0.05) is 19.0 Å². The number of rotatable bonds is 8. The topological polar surface area (TPSA) is 42.7 Å². The van der Waals surface area contributed by atoms with Crippen molar-refractivity contribution in [2.24, 2.45) is 17.8 Å². The van der Waals surface area contributed by atoms with E-state index in [0.29, 0.717) is 6.04 Å². The van der Waals surface area contributed by atoms with Gasteiger partial charge in [0.15, 0.2) is 0 Å². The fourth-order valence-electron chi connectivity index (χ4n) is 3.87. The highest BCUT2D eigenvalue weighted by atomic mass is 15.3. The molecule has 0 amide bonds. The van der Waals surface area contributed by atoms with Gasteiger partial charge in [0.1, 0.15) is 12.2 Å². The van der Waals surface area contributed by atoms with Crippen LogP contribution >= 0.6 is 0 Å². The standard InChI is InChI=1S/C16H28N4/c1-3-5-17-15(14-8-12-7-13(12)9-14)10-16-18-11-19-20(16)6-4-2/h11-15,17H,3-10H2,1-2H3. The zero-order chi connectivity index (χ0) is 13.9. The van der Waals surface area contributed by atoms with Crippen molar-refractivity contribution in [2.75, 3.05) is 6.54 Å². The quantitative estimate of drug-likeness (QED) is 0.794. The third-order valence-corrected chi connectivity index (χ3v) is 5.04. The molecule has 2 saturated carbocycles. The van der Waals surface area contributed by atoms with Gasteiger partial charge in [-0.1, -0.05) is 13.8 Å². The van der Waals surface area contributed by atoms with Crippen molar-refractivity contribution in [2.45, 2.75) is 65.0 Å². The maximum Gasteiger partial charge on any atom is 0.138 e. The first kappa shape index (κ1) is 14.1. The first-order chi connectivity index (χ1) is 9.81. The Kier molecular flexibility index (Phi) is 4.39. The third kappa shape index (κ3) is 3.05. The molecule has 20 heavy (non-hydrogen) atoms. The van der Waals surface area contributed by atoms with Crippen molar-refractivity contribution in [1.29, 1.82) is 0 Å². The van der Waals surface area contributed by atoms with Crippen molar-refractivity contribution in [3.05, 3.63) is 12.2 Å². The van der Waals surface area contributed by atoms with Crippen LogP contribution in [0.4, 0.5) is 0 Å². The molecule has 1 N–H and O–H groups in total. The molecule has 0 spiro atoms. The molecular weight excluding hydrogens is 248 g/mol. The molecule has 2 aliphatic carbocycles. The Morgan fingerprint density at radius 3 is 2.75 bits per heavy atom. The molecule has 112 valence electrons. The first-order valence-electron chi connectivity index (χ1n) is 8.41. The van der Waals surface area contributed by atoms with Crippen molar-refractivity contribution in [1.82, 2.24) is 20.1 Å². The second-order valence-electron chi connectivity index (χ2n) is 6.65. The lowest BCUT2D eigenvalue weighted by atomic mass is 9.91. The molecule has 0 aromatic carbocycles. The Hall–Kier alpha value is -0.900. The summed E-state index contributed by atoms with van der Waals surface area (Å²) in [6, 6.07) is 0.600. The summed E-state index contributed by atoms with van der Waals surface area (Å²) in [6.07, 6.45) is 9.47. The number of aryl methyl sites for hydroxylation is 1. The Morgan fingerprint density at radius 2 is 2.05 bits per heavy atom. The predicted octanol–water partition coefficient (Wildman–Crippen LogP) is 2.64. The van der Waals surface area contributed by atoms with Gasteiger partial charge in [0.05, 0.1) is 0 Å². The summed E-state index contributed by atoms with van der Waals surface area (Å²) in [5, 5.41) is 8.15. The van der Waals surface area contributed by atoms with E-state index >= 15 is 0 Å². The molecule has 0 aliphatic heterocycles. The molecule has 2 fully saturated rings. The molecule has 3 rings (SSSR count).